The maximum absolute atomic E-state index is 12.5. The second-order valence-corrected chi connectivity index (χ2v) is 5.70. The minimum Gasteiger partial charge on any atom is -0.493 e. The molecule has 128 valence electrons. The Bertz CT molecular complexity index is 855. The second kappa shape index (κ2) is 7.21. The highest BCUT2D eigenvalue weighted by atomic mass is 16.5. The molecule has 25 heavy (non-hydrogen) atoms. The molecule has 1 amide bonds. The van der Waals surface area contributed by atoms with Gasteiger partial charge in [-0.25, -0.2) is 0 Å². The molecular formula is C20H19NO4. The molecule has 0 atom stereocenters. The average molecular weight is 337 g/mol. The van der Waals surface area contributed by atoms with Gasteiger partial charge in [-0.3, -0.25) is 9.59 Å². The van der Waals surface area contributed by atoms with Crippen molar-refractivity contribution >= 4 is 17.8 Å². The fraction of sp³-hybridized carbons (Fsp3) is 0.200. The monoisotopic (exact) mass is 337 g/mol. The number of benzene rings is 2. The van der Waals surface area contributed by atoms with E-state index in [1.54, 1.807) is 19.2 Å². The van der Waals surface area contributed by atoms with Crippen molar-refractivity contribution in [2.45, 2.75) is 6.42 Å². The molecule has 1 aliphatic carbocycles. The Kier molecular flexibility index (Phi) is 4.84. The lowest BCUT2D eigenvalue weighted by Gasteiger charge is -2.11. The van der Waals surface area contributed by atoms with Crippen LogP contribution in [0, 0.1) is 0 Å². The first kappa shape index (κ1) is 16.8. The quantitative estimate of drug-likeness (QED) is 0.852. The number of rotatable bonds is 5. The van der Waals surface area contributed by atoms with Gasteiger partial charge in [0.25, 0.3) is 5.91 Å². The normalized spacial score (nSPS) is 14.3. The molecule has 0 saturated carbocycles. The van der Waals surface area contributed by atoms with Gasteiger partial charge in [0, 0.05) is 24.6 Å². The number of Topliss-reactive ketones (excluding diaryl/α,β-unsaturated/α-hetero) is 1. The number of amides is 1. The molecule has 0 unspecified atom stereocenters. The lowest BCUT2D eigenvalue weighted by Crippen LogP contribution is -2.24. The SMILES string of the molecule is CNC(=O)COc1ccc(/C=C2/Cc3ccccc3C2=O)cc1OC. The fourth-order valence-electron chi connectivity index (χ4n) is 2.78. The summed E-state index contributed by atoms with van der Waals surface area (Å²) in [6.45, 7) is -0.0823. The molecule has 0 saturated heterocycles. The molecule has 1 N–H and O–H groups in total. The van der Waals surface area contributed by atoms with Crippen LogP contribution in [0.15, 0.2) is 48.0 Å². The number of nitrogens with one attached hydrogen (secondary N) is 1. The van der Waals surface area contributed by atoms with Gasteiger partial charge in [0.05, 0.1) is 7.11 Å². The Labute approximate surface area is 146 Å². The topological polar surface area (TPSA) is 64.6 Å². The van der Waals surface area contributed by atoms with Crippen molar-refractivity contribution in [3.63, 3.8) is 0 Å². The number of likely N-dealkylation sites (N-methyl/N-ethyl adjacent to an activating group) is 1. The molecule has 2 aromatic rings. The van der Waals surface area contributed by atoms with Crippen molar-refractivity contribution in [2.75, 3.05) is 20.8 Å². The molecule has 0 spiro atoms. The highest BCUT2D eigenvalue weighted by Gasteiger charge is 2.24. The van der Waals surface area contributed by atoms with E-state index in [2.05, 4.69) is 5.32 Å². The standard InChI is InChI=1S/C20H19NO4/c1-21-19(22)12-25-17-8-7-13(10-18(17)24-2)9-15-11-14-5-3-4-6-16(14)20(15)23/h3-10H,11-12H2,1-2H3,(H,21,22)/b15-9-. The third kappa shape index (κ3) is 3.55. The van der Waals surface area contributed by atoms with E-state index < -0.39 is 0 Å². The third-order valence-electron chi connectivity index (χ3n) is 4.10. The Balaban J connectivity index is 1.82. The molecule has 2 aromatic carbocycles. The van der Waals surface area contributed by atoms with Crippen LogP contribution in [-0.4, -0.2) is 32.5 Å². The molecule has 0 heterocycles. The van der Waals surface area contributed by atoms with Crippen LogP contribution in [0.3, 0.4) is 0 Å². The van der Waals surface area contributed by atoms with E-state index in [1.165, 1.54) is 7.11 Å². The molecule has 5 nitrogen and oxygen atoms in total. The fourth-order valence-corrected chi connectivity index (χ4v) is 2.78. The predicted octanol–water partition coefficient (Wildman–Crippen LogP) is 2.64. The average Bonchev–Trinajstić information content (AvgIpc) is 2.96. The van der Waals surface area contributed by atoms with Crippen molar-refractivity contribution in [1.29, 1.82) is 0 Å². The van der Waals surface area contributed by atoms with Crippen LogP contribution in [-0.2, 0) is 11.2 Å². The Morgan fingerprint density at radius 3 is 2.72 bits per heavy atom. The molecule has 0 aromatic heterocycles. The van der Waals surface area contributed by atoms with Gasteiger partial charge in [0.1, 0.15) is 0 Å². The Morgan fingerprint density at radius 1 is 1.20 bits per heavy atom. The number of hydrogen-bond donors (Lipinski definition) is 1. The van der Waals surface area contributed by atoms with E-state index >= 15 is 0 Å². The zero-order valence-corrected chi connectivity index (χ0v) is 14.2. The van der Waals surface area contributed by atoms with Gasteiger partial charge in [-0.05, 0) is 29.3 Å². The van der Waals surface area contributed by atoms with E-state index in [4.69, 9.17) is 9.47 Å². The molecular weight excluding hydrogens is 318 g/mol. The zero-order valence-electron chi connectivity index (χ0n) is 14.2. The summed E-state index contributed by atoms with van der Waals surface area (Å²) in [6.07, 6.45) is 2.50. The largest absolute Gasteiger partial charge is 0.493 e. The van der Waals surface area contributed by atoms with Gasteiger partial charge >= 0.3 is 0 Å². The van der Waals surface area contributed by atoms with Crippen molar-refractivity contribution in [1.82, 2.24) is 5.32 Å². The van der Waals surface area contributed by atoms with Crippen molar-refractivity contribution < 1.29 is 19.1 Å². The maximum Gasteiger partial charge on any atom is 0.257 e. The minimum absolute atomic E-state index is 0.0644. The minimum atomic E-state index is -0.220. The summed E-state index contributed by atoms with van der Waals surface area (Å²) in [5, 5.41) is 2.49. The van der Waals surface area contributed by atoms with Crippen molar-refractivity contribution in [2.24, 2.45) is 0 Å². The zero-order chi connectivity index (χ0) is 17.8. The van der Waals surface area contributed by atoms with Gasteiger partial charge in [-0.15, -0.1) is 0 Å². The molecule has 3 rings (SSSR count). The maximum atomic E-state index is 12.5. The number of methoxy groups -OCH3 is 1. The Morgan fingerprint density at radius 2 is 2.00 bits per heavy atom. The first-order valence-electron chi connectivity index (χ1n) is 7.97. The summed E-state index contributed by atoms with van der Waals surface area (Å²) in [7, 11) is 3.09. The van der Waals surface area contributed by atoms with Crippen LogP contribution in [0.1, 0.15) is 21.5 Å². The Hall–Kier alpha value is -3.08. The van der Waals surface area contributed by atoms with E-state index in [-0.39, 0.29) is 18.3 Å². The predicted molar refractivity (Wildman–Crippen MR) is 95.0 cm³/mol. The van der Waals surface area contributed by atoms with Gasteiger partial charge in [-0.1, -0.05) is 30.3 Å². The summed E-state index contributed by atoms with van der Waals surface area (Å²) in [5.74, 6) is 0.840. The highest BCUT2D eigenvalue weighted by Crippen LogP contribution is 2.31. The van der Waals surface area contributed by atoms with Crippen molar-refractivity contribution in [3.05, 3.63) is 64.7 Å². The number of carbonyl (C=O) groups is 2. The molecule has 0 radical (unpaired) electrons. The molecule has 0 bridgehead atoms. The van der Waals surface area contributed by atoms with Gasteiger partial charge in [-0.2, -0.15) is 0 Å². The summed E-state index contributed by atoms with van der Waals surface area (Å²) in [6, 6.07) is 13.0. The molecule has 0 fully saturated rings. The summed E-state index contributed by atoms with van der Waals surface area (Å²) in [4.78, 5) is 23.8. The smallest absolute Gasteiger partial charge is 0.257 e. The lowest BCUT2D eigenvalue weighted by atomic mass is 10.1. The number of allylic oxidation sites excluding steroid dienone is 1. The van der Waals surface area contributed by atoms with Crippen LogP contribution < -0.4 is 14.8 Å². The number of hydrogen-bond acceptors (Lipinski definition) is 4. The van der Waals surface area contributed by atoms with Gasteiger partial charge < -0.3 is 14.8 Å². The first-order chi connectivity index (χ1) is 12.1. The summed E-state index contributed by atoms with van der Waals surface area (Å²) < 4.78 is 10.8. The lowest BCUT2D eigenvalue weighted by molar-refractivity contribution is -0.122. The van der Waals surface area contributed by atoms with Gasteiger partial charge in [0.2, 0.25) is 0 Å². The van der Waals surface area contributed by atoms with Crippen molar-refractivity contribution in [3.8, 4) is 11.5 Å². The number of fused-ring (bicyclic) bond motifs is 1. The molecule has 5 heteroatoms. The molecule has 1 aliphatic rings. The summed E-state index contributed by atoms with van der Waals surface area (Å²) >= 11 is 0. The van der Waals surface area contributed by atoms with Crippen LogP contribution in [0.4, 0.5) is 0 Å². The van der Waals surface area contributed by atoms with E-state index in [0.29, 0.717) is 17.9 Å². The molecule has 0 aliphatic heterocycles. The van der Waals surface area contributed by atoms with Crippen LogP contribution in [0.2, 0.25) is 0 Å². The van der Waals surface area contributed by atoms with Crippen LogP contribution in [0.5, 0.6) is 11.5 Å². The number of ketones is 1. The third-order valence-corrected chi connectivity index (χ3v) is 4.10. The van der Waals surface area contributed by atoms with Gasteiger partial charge in [0.15, 0.2) is 23.9 Å². The van der Waals surface area contributed by atoms with Crippen LogP contribution >= 0.6 is 0 Å². The number of ether oxygens (including phenoxy) is 2. The van der Waals surface area contributed by atoms with E-state index in [1.807, 2.05) is 36.4 Å². The first-order valence-corrected chi connectivity index (χ1v) is 7.97. The summed E-state index contributed by atoms with van der Waals surface area (Å²) in [5.41, 5.74) is 3.42. The van der Waals surface area contributed by atoms with E-state index in [9.17, 15) is 9.59 Å². The van der Waals surface area contributed by atoms with Crippen LogP contribution in [0.25, 0.3) is 6.08 Å². The number of carbonyl (C=O) groups excluding carboxylic acids is 2. The second-order valence-electron chi connectivity index (χ2n) is 5.70. The van der Waals surface area contributed by atoms with E-state index in [0.717, 1.165) is 22.3 Å². The highest BCUT2D eigenvalue weighted by molar-refractivity contribution is 6.15.